The molecule has 0 saturated carbocycles. The first-order valence-corrected chi connectivity index (χ1v) is 24.5. The fourth-order valence-corrected chi connectivity index (χ4v) is 12.7. The van der Waals surface area contributed by atoms with Gasteiger partial charge in [0.05, 0.1) is 11.0 Å². The Hall–Kier alpha value is -7.93. The first-order valence-electron chi connectivity index (χ1n) is 21.5. The minimum atomic E-state index is -2.45. The second-order valence-corrected chi connectivity index (χ2v) is 21.2. The smallest absolute Gasteiger partial charge is 0.164 e. The van der Waals surface area contributed by atoms with Crippen molar-refractivity contribution in [2.24, 2.45) is 0 Å². The van der Waals surface area contributed by atoms with E-state index in [0.717, 1.165) is 44.9 Å². The van der Waals surface area contributed by atoms with Crippen LogP contribution in [0.4, 0.5) is 17.1 Å². The number of anilines is 3. The number of benzene rings is 9. The van der Waals surface area contributed by atoms with Crippen molar-refractivity contribution in [1.29, 1.82) is 0 Å². The normalized spacial score (nSPS) is 12.7. The Morgan fingerprint density at radius 2 is 0.952 bits per heavy atom. The van der Waals surface area contributed by atoms with Gasteiger partial charge in [-0.3, -0.25) is 0 Å². The van der Waals surface area contributed by atoms with Gasteiger partial charge < -0.3 is 9.47 Å². The SMILES string of the molecule is C[Si]1(C)c2cc(-c3nc(-c4ccccc4)nc(-c4cccc(-c5ccccc5)c4)n3)ccc2-n2c3ccc4ccccc4c3c3cc(N(c4ccccc4)c4ccccc4)cc1c32. The predicted molar refractivity (Wildman–Crippen MR) is 265 cm³/mol. The van der Waals surface area contributed by atoms with E-state index in [2.05, 4.69) is 211 Å². The quantitative estimate of drug-likeness (QED) is 0.150. The van der Waals surface area contributed by atoms with Gasteiger partial charge in [-0.25, -0.2) is 15.0 Å². The van der Waals surface area contributed by atoms with Crippen LogP contribution in [0.5, 0.6) is 0 Å². The molecule has 0 spiro atoms. The van der Waals surface area contributed by atoms with Crippen LogP contribution in [0.3, 0.4) is 0 Å². The fraction of sp³-hybridized carbons (Fsp3) is 0.0351. The topological polar surface area (TPSA) is 46.8 Å². The molecule has 0 unspecified atom stereocenters. The van der Waals surface area contributed by atoms with Crippen LogP contribution in [0, 0.1) is 0 Å². The molecule has 1 aliphatic heterocycles. The lowest BCUT2D eigenvalue weighted by Crippen LogP contribution is -2.57. The fourth-order valence-electron chi connectivity index (χ4n) is 9.69. The second kappa shape index (κ2) is 14.6. The number of hydrogen-bond donors (Lipinski definition) is 0. The average Bonchev–Trinajstić information content (AvgIpc) is 3.69. The van der Waals surface area contributed by atoms with E-state index in [1.54, 1.807) is 0 Å². The average molecular weight is 824 g/mol. The molecule has 1 aliphatic rings. The van der Waals surface area contributed by atoms with Crippen LogP contribution in [-0.4, -0.2) is 27.6 Å². The molecular weight excluding hydrogens is 783 g/mol. The van der Waals surface area contributed by atoms with Crippen molar-refractivity contribution in [2.75, 3.05) is 4.90 Å². The molecule has 9 aromatic carbocycles. The Morgan fingerprint density at radius 1 is 0.397 bits per heavy atom. The number of hydrogen-bond acceptors (Lipinski definition) is 4. The third kappa shape index (κ3) is 6.10. The molecule has 3 heterocycles. The second-order valence-electron chi connectivity index (χ2n) is 16.9. The van der Waals surface area contributed by atoms with Crippen molar-refractivity contribution in [3.63, 3.8) is 0 Å². The number of rotatable bonds is 7. The summed E-state index contributed by atoms with van der Waals surface area (Å²) in [5, 5.41) is 7.79. The molecule has 298 valence electrons. The van der Waals surface area contributed by atoms with Crippen LogP contribution in [0.1, 0.15) is 0 Å². The molecule has 0 bridgehead atoms. The van der Waals surface area contributed by atoms with E-state index in [4.69, 9.17) is 15.0 Å². The maximum Gasteiger partial charge on any atom is 0.164 e. The summed E-state index contributed by atoms with van der Waals surface area (Å²) in [6.07, 6.45) is 0. The number of aromatic nitrogens is 4. The van der Waals surface area contributed by atoms with Crippen molar-refractivity contribution in [2.45, 2.75) is 13.1 Å². The number of nitrogens with zero attached hydrogens (tertiary/aromatic N) is 5. The van der Waals surface area contributed by atoms with Crippen LogP contribution in [0.25, 0.3) is 83.6 Å². The third-order valence-corrected chi connectivity index (χ3v) is 16.2. The van der Waals surface area contributed by atoms with Crippen LogP contribution in [0.2, 0.25) is 13.1 Å². The molecule has 6 heteroatoms. The molecule has 0 atom stereocenters. The lowest BCUT2D eigenvalue weighted by atomic mass is 10.0. The minimum Gasteiger partial charge on any atom is -0.310 e. The van der Waals surface area contributed by atoms with Crippen molar-refractivity contribution >= 4 is 68.1 Å². The lowest BCUT2D eigenvalue weighted by Gasteiger charge is -2.35. The highest BCUT2D eigenvalue weighted by molar-refractivity contribution is 7.03. The van der Waals surface area contributed by atoms with Gasteiger partial charge in [0.15, 0.2) is 17.5 Å². The monoisotopic (exact) mass is 823 g/mol. The molecule has 11 aromatic rings. The van der Waals surface area contributed by atoms with Crippen LogP contribution in [-0.2, 0) is 0 Å². The molecule has 0 N–H and O–H groups in total. The zero-order chi connectivity index (χ0) is 42.1. The van der Waals surface area contributed by atoms with Gasteiger partial charge >= 0.3 is 0 Å². The summed E-state index contributed by atoms with van der Waals surface area (Å²) in [4.78, 5) is 18.0. The van der Waals surface area contributed by atoms with E-state index in [-0.39, 0.29) is 0 Å². The molecule has 0 radical (unpaired) electrons. The Labute approximate surface area is 367 Å². The van der Waals surface area contributed by atoms with Crippen molar-refractivity contribution in [3.05, 3.63) is 212 Å². The van der Waals surface area contributed by atoms with Crippen LogP contribution in [0.15, 0.2) is 212 Å². The zero-order valence-corrected chi connectivity index (χ0v) is 35.9. The molecule has 0 saturated heterocycles. The maximum absolute atomic E-state index is 5.27. The van der Waals surface area contributed by atoms with E-state index in [1.165, 1.54) is 48.6 Å². The van der Waals surface area contributed by atoms with Gasteiger partial charge in [-0.2, -0.15) is 0 Å². The van der Waals surface area contributed by atoms with Crippen molar-refractivity contribution in [1.82, 2.24) is 19.5 Å². The van der Waals surface area contributed by atoms with Gasteiger partial charge in [-0.1, -0.05) is 159 Å². The highest BCUT2D eigenvalue weighted by Crippen LogP contribution is 2.43. The van der Waals surface area contributed by atoms with Gasteiger partial charge in [0.1, 0.15) is 8.07 Å². The molecule has 0 amide bonds. The Morgan fingerprint density at radius 3 is 1.63 bits per heavy atom. The van der Waals surface area contributed by atoms with Gasteiger partial charge in [0, 0.05) is 50.2 Å². The molecule has 2 aromatic heterocycles. The molecule has 0 fully saturated rings. The third-order valence-electron chi connectivity index (χ3n) is 12.8. The van der Waals surface area contributed by atoms with Gasteiger partial charge in [0.2, 0.25) is 0 Å². The van der Waals surface area contributed by atoms with Crippen molar-refractivity contribution < 1.29 is 0 Å². The van der Waals surface area contributed by atoms with Gasteiger partial charge in [-0.05, 0) is 99.0 Å². The Bertz CT molecular complexity index is 3490. The van der Waals surface area contributed by atoms with E-state index in [1.807, 2.05) is 24.3 Å². The van der Waals surface area contributed by atoms with Crippen molar-refractivity contribution in [3.8, 4) is 51.0 Å². The summed E-state index contributed by atoms with van der Waals surface area (Å²) in [6.45, 7) is 5.01. The number of para-hydroxylation sites is 2. The molecule has 0 aliphatic carbocycles. The summed E-state index contributed by atoms with van der Waals surface area (Å²) in [5.41, 5.74) is 12.3. The first kappa shape index (κ1) is 36.9. The van der Waals surface area contributed by atoms with Gasteiger partial charge in [-0.15, -0.1) is 0 Å². The van der Waals surface area contributed by atoms with Gasteiger partial charge in [0.25, 0.3) is 0 Å². The Kier molecular flexibility index (Phi) is 8.56. The molecule has 12 rings (SSSR count). The first-order chi connectivity index (χ1) is 31.0. The van der Waals surface area contributed by atoms with E-state index >= 15 is 0 Å². The molecule has 63 heavy (non-hydrogen) atoms. The highest BCUT2D eigenvalue weighted by Gasteiger charge is 2.39. The van der Waals surface area contributed by atoms with Crippen LogP contribution >= 0.6 is 0 Å². The lowest BCUT2D eigenvalue weighted by molar-refractivity contribution is 1.07. The zero-order valence-electron chi connectivity index (χ0n) is 34.9. The summed E-state index contributed by atoms with van der Waals surface area (Å²) >= 11 is 0. The minimum absolute atomic E-state index is 0.646. The summed E-state index contributed by atoms with van der Waals surface area (Å²) < 4.78 is 2.53. The summed E-state index contributed by atoms with van der Waals surface area (Å²) in [5.74, 6) is 1.95. The van der Waals surface area contributed by atoms with E-state index in [0.29, 0.717) is 17.5 Å². The van der Waals surface area contributed by atoms with Crippen LogP contribution < -0.4 is 15.3 Å². The predicted octanol–water partition coefficient (Wildman–Crippen LogP) is 13.4. The summed E-state index contributed by atoms with van der Waals surface area (Å²) in [6, 6.07) is 75.9. The largest absolute Gasteiger partial charge is 0.310 e. The van der Waals surface area contributed by atoms with E-state index < -0.39 is 8.07 Å². The highest BCUT2D eigenvalue weighted by atomic mass is 28.3. The Balaban J connectivity index is 1.10. The molecular formula is C57H41N5Si. The standard InChI is InChI=1S/C57H41N5Si/c1-63(2)51-35-43(57-59-55(40-21-9-4-10-22-40)58-56(60-57)42-24-17-23-41(34-42)38-18-7-3-8-19-38)31-32-49(51)62-50-33-30-39-20-15-16-29-47(39)53(50)48-36-46(37-52(63)54(48)62)61(44-25-11-5-12-26-44)45-27-13-6-14-28-45/h3-37H,1-2H3. The summed E-state index contributed by atoms with van der Waals surface area (Å²) in [7, 11) is -2.45. The maximum atomic E-state index is 5.27. The molecule has 5 nitrogen and oxygen atoms in total. The van der Waals surface area contributed by atoms with E-state index in [9.17, 15) is 0 Å². The number of fused-ring (bicyclic) bond motifs is 7.